The third-order valence-corrected chi connectivity index (χ3v) is 5.11. The monoisotopic (exact) mass is 292 g/mol. The number of hydrogen-bond donors (Lipinski definition) is 0. The largest absolute Gasteiger partial charge is 0.235 e. The normalized spacial score (nSPS) is 24.2. The first-order valence-electron chi connectivity index (χ1n) is 7.93. The summed E-state index contributed by atoms with van der Waals surface area (Å²) in [5.74, 6) is 1.06. The van der Waals surface area contributed by atoms with Gasteiger partial charge in [-0.1, -0.05) is 31.5 Å². The van der Waals surface area contributed by atoms with Crippen LogP contribution >= 0.6 is 11.8 Å². The van der Waals surface area contributed by atoms with E-state index in [0.717, 1.165) is 12.4 Å². The fraction of sp³-hybridized carbons (Fsp3) is 0.647. The van der Waals surface area contributed by atoms with Gasteiger partial charge in [0.1, 0.15) is 0 Å². The molecule has 0 saturated carbocycles. The smallest absolute Gasteiger partial charge is 0.0637 e. The molecule has 0 aliphatic carbocycles. The maximum Gasteiger partial charge on any atom is 0.0637 e. The Labute approximate surface area is 128 Å². The first kappa shape index (κ1) is 15.9. The van der Waals surface area contributed by atoms with Crippen LogP contribution in [0.3, 0.4) is 0 Å². The molecule has 0 N–H and O–H groups in total. The minimum Gasteiger partial charge on any atom is -0.235 e. The number of benzene rings is 1. The maximum absolute atomic E-state index is 2.64. The molecule has 1 heterocycles. The Morgan fingerprint density at radius 2 is 1.80 bits per heavy atom. The predicted octanol–water partition coefficient (Wildman–Crippen LogP) is 4.63. The zero-order valence-corrected chi connectivity index (χ0v) is 13.9. The molecule has 0 radical (unpaired) electrons. The van der Waals surface area contributed by atoms with Crippen LogP contribution in [0.2, 0.25) is 0 Å². The van der Waals surface area contributed by atoms with E-state index in [0.29, 0.717) is 12.1 Å². The van der Waals surface area contributed by atoms with Crippen LogP contribution in [-0.4, -0.2) is 34.5 Å². The Hall–Kier alpha value is -0.510. The van der Waals surface area contributed by atoms with Crippen molar-refractivity contribution in [2.75, 3.05) is 12.4 Å². The molecule has 1 aliphatic heterocycles. The highest BCUT2D eigenvalue weighted by Crippen LogP contribution is 2.27. The van der Waals surface area contributed by atoms with Crippen molar-refractivity contribution < 1.29 is 0 Å². The molecule has 2 nitrogen and oxygen atoms in total. The third kappa shape index (κ3) is 4.24. The summed E-state index contributed by atoms with van der Waals surface area (Å²) < 4.78 is 0. The van der Waals surface area contributed by atoms with Crippen molar-refractivity contribution in [1.29, 1.82) is 0 Å². The second kappa shape index (κ2) is 8.06. The summed E-state index contributed by atoms with van der Waals surface area (Å²) in [6, 6.07) is 12.1. The van der Waals surface area contributed by atoms with Gasteiger partial charge < -0.3 is 0 Å². The number of nitrogens with zero attached hydrogens (tertiary/aromatic N) is 2. The zero-order chi connectivity index (χ0) is 14.4. The minimum atomic E-state index is 0.682. The number of rotatable bonds is 6. The van der Waals surface area contributed by atoms with Gasteiger partial charge >= 0.3 is 0 Å². The topological polar surface area (TPSA) is 6.48 Å². The molecule has 112 valence electrons. The highest BCUT2D eigenvalue weighted by atomic mass is 32.2. The van der Waals surface area contributed by atoms with Crippen LogP contribution in [0.1, 0.15) is 46.5 Å². The lowest BCUT2D eigenvalue weighted by atomic mass is 9.99. The van der Waals surface area contributed by atoms with E-state index in [1.54, 1.807) is 0 Å². The van der Waals surface area contributed by atoms with Gasteiger partial charge in [0, 0.05) is 23.5 Å². The second-order valence-corrected chi connectivity index (χ2v) is 6.84. The van der Waals surface area contributed by atoms with Gasteiger partial charge in [-0.25, -0.2) is 10.0 Å². The minimum absolute atomic E-state index is 0.682. The van der Waals surface area contributed by atoms with E-state index >= 15 is 0 Å². The maximum atomic E-state index is 2.64. The van der Waals surface area contributed by atoms with E-state index in [-0.39, 0.29) is 0 Å². The van der Waals surface area contributed by atoms with Crippen molar-refractivity contribution in [2.45, 2.75) is 63.4 Å². The fourth-order valence-electron chi connectivity index (χ4n) is 3.14. The van der Waals surface area contributed by atoms with E-state index < -0.39 is 0 Å². The molecular weight excluding hydrogens is 264 g/mol. The van der Waals surface area contributed by atoms with Gasteiger partial charge in [0.05, 0.1) is 5.88 Å². The molecular formula is C17H28N2S. The van der Waals surface area contributed by atoms with E-state index in [1.807, 2.05) is 11.8 Å². The van der Waals surface area contributed by atoms with E-state index in [9.17, 15) is 0 Å². The molecule has 0 aromatic heterocycles. The molecule has 0 spiro atoms. The van der Waals surface area contributed by atoms with E-state index in [2.05, 4.69) is 61.1 Å². The quantitative estimate of drug-likeness (QED) is 0.558. The highest BCUT2D eigenvalue weighted by Gasteiger charge is 2.29. The molecule has 2 rings (SSSR count). The molecule has 3 heteroatoms. The Balaban J connectivity index is 1.98. The van der Waals surface area contributed by atoms with Gasteiger partial charge in [0.2, 0.25) is 0 Å². The SMILES string of the molecule is CCCN(CSc1ccccc1)N1C(C)CCCC1C. The summed E-state index contributed by atoms with van der Waals surface area (Å²) in [5, 5.41) is 5.22. The zero-order valence-electron chi connectivity index (χ0n) is 13.1. The Morgan fingerprint density at radius 1 is 1.15 bits per heavy atom. The van der Waals surface area contributed by atoms with Crippen molar-refractivity contribution in [2.24, 2.45) is 0 Å². The van der Waals surface area contributed by atoms with Crippen LogP contribution in [-0.2, 0) is 0 Å². The third-order valence-electron chi connectivity index (χ3n) is 4.08. The lowest BCUT2D eigenvalue weighted by Crippen LogP contribution is -2.54. The van der Waals surface area contributed by atoms with Gasteiger partial charge in [-0.2, -0.15) is 0 Å². The summed E-state index contributed by atoms with van der Waals surface area (Å²) in [6.45, 7) is 8.20. The van der Waals surface area contributed by atoms with Crippen LogP contribution in [0.25, 0.3) is 0 Å². The Morgan fingerprint density at radius 3 is 2.40 bits per heavy atom. The fourth-order valence-corrected chi connectivity index (χ4v) is 4.05. The lowest BCUT2D eigenvalue weighted by molar-refractivity contribution is -0.0913. The van der Waals surface area contributed by atoms with Crippen LogP contribution in [0.4, 0.5) is 0 Å². The number of piperidine rings is 1. The van der Waals surface area contributed by atoms with Crippen molar-refractivity contribution in [3.05, 3.63) is 30.3 Å². The summed E-state index contributed by atoms with van der Waals surface area (Å²) >= 11 is 1.95. The van der Waals surface area contributed by atoms with Gasteiger partial charge in [0.25, 0.3) is 0 Å². The molecule has 1 aromatic rings. The van der Waals surface area contributed by atoms with Crippen molar-refractivity contribution in [1.82, 2.24) is 10.0 Å². The summed E-state index contributed by atoms with van der Waals surface area (Å²) in [6.07, 6.45) is 5.26. The first-order valence-corrected chi connectivity index (χ1v) is 8.92. The molecule has 2 atom stereocenters. The van der Waals surface area contributed by atoms with Crippen LogP contribution in [0, 0.1) is 0 Å². The Kier molecular flexibility index (Phi) is 6.40. The average molecular weight is 292 g/mol. The summed E-state index contributed by atoms with van der Waals surface area (Å²) in [5.41, 5.74) is 0. The second-order valence-electron chi connectivity index (χ2n) is 5.83. The molecule has 1 aliphatic rings. The van der Waals surface area contributed by atoms with Crippen LogP contribution in [0.15, 0.2) is 35.2 Å². The van der Waals surface area contributed by atoms with Gasteiger partial charge in [-0.15, -0.1) is 11.8 Å². The van der Waals surface area contributed by atoms with Crippen LogP contribution in [0.5, 0.6) is 0 Å². The Bertz CT molecular complexity index is 372. The molecule has 2 unspecified atom stereocenters. The average Bonchev–Trinajstić information content (AvgIpc) is 2.45. The van der Waals surface area contributed by atoms with E-state index in [4.69, 9.17) is 0 Å². The number of hydrogen-bond acceptors (Lipinski definition) is 3. The van der Waals surface area contributed by atoms with E-state index in [1.165, 1.54) is 30.6 Å². The summed E-state index contributed by atoms with van der Waals surface area (Å²) in [7, 11) is 0. The molecule has 0 bridgehead atoms. The predicted molar refractivity (Wildman–Crippen MR) is 88.8 cm³/mol. The van der Waals surface area contributed by atoms with Crippen molar-refractivity contribution >= 4 is 11.8 Å². The molecule has 1 fully saturated rings. The first-order chi connectivity index (χ1) is 9.72. The number of thioether (sulfide) groups is 1. The van der Waals surface area contributed by atoms with Gasteiger partial charge in [-0.3, -0.25) is 0 Å². The van der Waals surface area contributed by atoms with Crippen molar-refractivity contribution in [3.8, 4) is 0 Å². The molecule has 1 saturated heterocycles. The van der Waals surface area contributed by atoms with Crippen molar-refractivity contribution in [3.63, 3.8) is 0 Å². The van der Waals surface area contributed by atoms with Gasteiger partial charge in [-0.05, 0) is 45.2 Å². The number of hydrazine groups is 1. The molecule has 20 heavy (non-hydrogen) atoms. The highest BCUT2D eigenvalue weighted by molar-refractivity contribution is 7.99. The van der Waals surface area contributed by atoms with Crippen LogP contribution < -0.4 is 0 Å². The van der Waals surface area contributed by atoms with Gasteiger partial charge in [0.15, 0.2) is 0 Å². The standard InChI is InChI=1S/C17H28N2S/c1-4-13-18(14-20-17-11-6-5-7-12-17)19-15(2)9-8-10-16(19)3/h5-7,11-12,15-16H,4,8-10,13-14H2,1-3H3. The summed E-state index contributed by atoms with van der Waals surface area (Å²) in [4.78, 5) is 1.37. The molecule has 1 aromatic carbocycles. The lowest BCUT2D eigenvalue weighted by Gasteiger charge is -2.46. The molecule has 0 amide bonds.